The fraction of sp³-hybridized carbons (Fsp3) is 0.233. The molecular formula is C30H28F3N7O2S2. The maximum absolute atomic E-state index is 12.9. The number of nitrogens with zero attached hydrogens (tertiary/aromatic N) is 6. The zero-order valence-electron chi connectivity index (χ0n) is 24.2. The summed E-state index contributed by atoms with van der Waals surface area (Å²) < 4.78 is 39.3. The zero-order chi connectivity index (χ0) is 31.6. The molecule has 2 heterocycles. The standard InChI is InChI=1S/C30H28F3N7O2S2/c1-18(2)24-14-11-22(38(3)4)15-25(24)40-26(41)16-43-29(40)36-28(42)35-20-7-5-19(6-8-20)27-34-17-39(37-27)21-9-12-23(13-10-21)44-30(31,32)33/h5-15,17-18H,16H2,1-4H3,(H,35,42). The number of amides is 3. The van der Waals surface area contributed by atoms with Crippen LogP contribution in [0.15, 0.2) is 82.9 Å². The van der Waals surface area contributed by atoms with Crippen molar-refractivity contribution in [2.24, 2.45) is 4.99 Å². The van der Waals surface area contributed by atoms with Gasteiger partial charge in [-0.15, -0.1) is 5.10 Å². The van der Waals surface area contributed by atoms with Gasteiger partial charge in [0.25, 0.3) is 0 Å². The molecule has 3 aromatic carbocycles. The molecule has 0 saturated carbocycles. The van der Waals surface area contributed by atoms with E-state index in [-0.39, 0.29) is 34.2 Å². The smallest absolute Gasteiger partial charge is 0.378 e. The van der Waals surface area contributed by atoms with Gasteiger partial charge in [-0.1, -0.05) is 31.7 Å². The number of carbonyl (C=O) groups excluding carboxylic acids is 2. The summed E-state index contributed by atoms with van der Waals surface area (Å²) in [5, 5.41) is 7.47. The van der Waals surface area contributed by atoms with E-state index in [0.29, 0.717) is 33.6 Å². The molecule has 1 saturated heterocycles. The molecule has 0 spiro atoms. The second kappa shape index (κ2) is 12.7. The number of nitrogens with one attached hydrogen (secondary N) is 1. The largest absolute Gasteiger partial charge is 0.446 e. The maximum Gasteiger partial charge on any atom is 0.446 e. The topological polar surface area (TPSA) is 95.7 Å². The number of carbonyl (C=O) groups is 2. The first-order chi connectivity index (χ1) is 20.9. The molecule has 1 aromatic heterocycles. The Morgan fingerprint density at radius 3 is 2.41 bits per heavy atom. The van der Waals surface area contributed by atoms with Gasteiger partial charge in [-0.05, 0) is 83.9 Å². The van der Waals surface area contributed by atoms with Gasteiger partial charge in [0.05, 0.1) is 17.1 Å². The number of thioether (sulfide) groups is 2. The second-order valence-electron chi connectivity index (χ2n) is 10.3. The van der Waals surface area contributed by atoms with E-state index in [2.05, 4.69) is 20.4 Å². The Hall–Kier alpha value is -4.30. The average Bonchev–Trinajstić information content (AvgIpc) is 3.59. The summed E-state index contributed by atoms with van der Waals surface area (Å²) >= 11 is 1.03. The summed E-state index contributed by atoms with van der Waals surface area (Å²) in [6.07, 6.45) is 1.47. The quantitative estimate of drug-likeness (QED) is 0.211. The van der Waals surface area contributed by atoms with Crippen LogP contribution in [0.25, 0.3) is 17.1 Å². The normalized spacial score (nSPS) is 14.5. The first kappa shape index (κ1) is 31.1. The predicted molar refractivity (Wildman–Crippen MR) is 170 cm³/mol. The van der Waals surface area contributed by atoms with Crippen molar-refractivity contribution < 1.29 is 22.8 Å². The van der Waals surface area contributed by atoms with Crippen molar-refractivity contribution in [3.8, 4) is 17.1 Å². The third-order valence-electron chi connectivity index (χ3n) is 6.58. The maximum atomic E-state index is 12.9. The Morgan fingerprint density at radius 2 is 1.77 bits per heavy atom. The number of benzene rings is 3. The SMILES string of the molecule is CC(C)c1ccc(N(C)C)cc1N1C(=O)CSC1=NC(=O)Nc1ccc(-c2ncn(-c3ccc(SC(F)(F)F)cc3)n2)cc1. The molecule has 228 valence electrons. The third kappa shape index (κ3) is 7.25. The van der Waals surface area contributed by atoms with E-state index in [1.54, 1.807) is 24.3 Å². The molecule has 0 aliphatic carbocycles. The summed E-state index contributed by atoms with van der Waals surface area (Å²) in [6.45, 7) is 4.10. The van der Waals surface area contributed by atoms with Crippen LogP contribution < -0.4 is 15.1 Å². The molecule has 4 aromatic rings. The van der Waals surface area contributed by atoms with Gasteiger partial charge >= 0.3 is 11.5 Å². The Kier molecular flexibility index (Phi) is 9.02. The van der Waals surface area contributed by atoms with Crippen LogP contribution in [0.3, 0.4) is 0 Å². The molecule has 0 unspecified atom stereocenters. The van der Waals surface area contributed by atoms with Gasteiger partial charge in [0.15, 0.2) is 11.0 Å². The van der Waals surface area contributed by atoms with Crippen molar-refractivity contribution in [3.05, 3.63) is 78.6 Å². The Balaban J connectivity index is 1.29. The zero-order valence-corrected chi connectivity index (χ0v) is 25.8. The van der Waals surface area contributed by atoms with Crippen molar-refractivity contribution in [1.82, 2.24) is 14.8 Å². The van der Waals surface area contributed by atoms with Crippen LogP contribution in [0, 0.1) is 0 Å². The van der Waals surface area contributed by atoms with Gasteiger partial charge in [-0.3, -0.25) is 9.69 Å². The lowest BCUT2D eigenvalue weighted by molar-refractivity contribution is -0.115. The highest BCUT2D eigenvalue weighted by Crippen LogP contribution is 2.37. The Labute approximate surface area is 260 Å². The highest BCUT2D eigenvalue weighted by Gasteiger charge is 2.33. The number of halogens is 3. The summed E-state index contributed by atoms with van der Waals surface area (Å²) in [6, 6.07) is 17.9. The summed E-state index contributed by atoms with van der Waals surface area (Å²) in [7, 11) is 3.85. The fourth-order valence-electron chi connectivity index (χ4n) is 4.44. The first-order valence-electron chi connectivity index (χ1n) is 13.4. The van der Waals surface area contributed by atoms with Crippen LogP contribution in [-0.2, 0) is 4.79 Å². The molecule has 3 amide bonds. The molecule has 9 nitrogen and oxygen atoms in total. The van der Waals surface area contributed by atoms with Crippen LogP contribution in [-0.4, -0.2) is 57.2 Å². The summed E-state index contributed by atoms with van der Waals surface area (Å²) in [5.41, 5.74) is -0.0320. The first-order valence-corrected chi connectivity index (χ1v) is 15.2. The van der Waals surface area contributed by atoms with Gasteiger partial charge < -0.3 is 10.2 Å². The van der Waals surface area contributed by atoms with E-state index in [9.17, 15) is 22.8 Å². The van der Waals surface area contributed by atoms with Gasteiger partial charge in [-0.25, -0.2) is 14.5 Å². The summed E-state index contributed by atoms with van der Waals surface area (Å²) in [4.78, 5) is 37.9. The molecule has 44 heavy (non-hydrogen) atoms. The Morgan fingerprint density at radius 1 is 1.07 bits per heavy atom. The predicted octanol–water partition coefficient (Wildman–Crippen LogP) is 7.40. The molecular weight excluding hydrogens is 612 g/mol. The monoisotopic (exact) mass is 639 g/mol. The lowest BCUT2D eigenvalue weighted by Gasteiger charge is -2.24. The van der Waals surface area contributed by atoms with Gasteiger partial charge in [0.2, 0.25) is 5.91 Å². The fourth-order valence-corrected chi connectivity index (χ4v) is 5.83. The number of aliphatic imine (C=N–C) groups is 1. The minimum Gasteiger partial charge on any atom is -0.378 e. The van der Waals surface area contributed by atoms with Gasteiger partial charge in [0.1, 0.15) is 6.33 Å². The van der Waals surface area contributed by atoms with Gasteiger partial charge in [0, 0.05) is 35.9 Å². The average molecular weight is 640 g/mol. The molecule has 0 atom stereocenters. The number of rotatable bonds is 7. The van der Waals surface area contributed by atoms with Gasteiger partial charge in [-0.2, -0.15) is 18.2 Å². The van der Waals surface area contributed by atoms with E-state index in [1.165, 1.54) is 51.9 Å². The van der Waals surface area contributed by atoms with Crippen LogP contribution >= 0.6 is 23.5 Å². The van der Waals surface area contributed by atoms with Crippen molar-refractivity contribution in [2.75, 3.05) is 35.0 Å². The molecule has 1 fully saturated rings. The highest BCUT2D eigenvalue weighted by atomic mass is 32.2. The summed E-state index contributed by atoms with van der Waals surface area (Å²) in [5.74, 6) is 0.582. The second-order valence-corrected chi connectivity index (χ2v) is 12.3. The van der Waals surface area contributed by atoms with Crippen LogP contribution in [0.4, 0.5) is 35.0 Å². The molecule has 0 radical (unpaired) electrons. The number of urea groups is 1. The molecule has 1 aliphatic heterocycles. The Bertz CT molecular complexity index is 1700. The lowest BCUT2D eigenvalue weighted by atomic mass is 9.99. The van der Waals surface area contributed by atoms with E-state index in [4.69, 9.17) is 0 Å². The van der Waals surface area contributed by atoms with Crippen molar-refractivity contribution in [1.29, 1.82) is 0 Å². The van der Waals surface area contributed by atoms with Crippen LogP contribution in [0.2, 0.25) is 0 Å². The number of hydrogen-bond acceptors (Lipinski definition) is 7. The minimum absolute atomic E-state index is 0.0778. The van der Waals surface area contributed by atoms with E-state index >= 15 is 0 Å². The van der Waals surface area contributed by atoms with Crippen molar-refractivity contribution >= 4 is 57.7 Å². The molecule has 1 aliphatic rings. The van der Waals surface area contributed by atoms with Crippen molar-refractivity contribution in [2.45, 2.75) is 30.2 Å². The van der Waals surface area contributed by atoms with E-state index in [1.807, 2.05) is 51.0 Å². The number of amidine groups is 1. The number of alkyl halides is 3. The van der Waals surface area contributed by atoms with E-state index < -0.39 is 11.5 Å². The van der Waals surface area contributed by atoms with Crippen LogP contribution in [0.1, 0.15) is 25.3 Å². The molecule has 5 rings (SSSR count). The molecule has 14 heteroatoms. The van der Waals surface area contributed by atoms with Crippen molar-refractivity contribution in [3.63, 3.8) is 0 Å². The highest BCUT2D eigenvalue weighted by molar-refractivity contribution is 8.15. The lowest BCUT2D eigenvalue weighted by Crippen LogP contribution is -2.31. The molecule has 1 N–H and O–H groups in total. The number of hydrogen-bond donors (Lipinski definition) is 1. The minimum atomic E-state index is -4.36. The number of anilines is 3. The number of aromatic nitrogens is 3. The van der Waals surface area contributed by atoms with Crippen LogP contribution in [0.5, 0.6) is 0 Å². The van der Waals surface area contributed by atoms with E-state index in [0.717, 1.165) is 11.3 Å². The molecule has 0 bridgehead atoms. The third-order valence-corrected chi connectivity index (χ3v) is 8.24.